The van der Waals surface area contributed by atoms with Crippen LogP contribution in [0.1, 0.15) is 33.1 Å². The van der Waals surface area contributed by atoms with Crippen molar-refractivity contribution in [1.29, 1.82) is 0 Å². The van der Waals surface area contributed by atoms with Gasteiger partial charge in [-0.05, 0) is 46.1 Å². The van der Waals surface area contributed by atoms with Crippen LogP contribution in [-0.4, -0.2) is 11.1 Å². The van der Waals surface area contributed by atoms with E-state index in [1.165, 1.54) is 0 Å². The highest BCUT2D eigenvalue weighted by atomic mass is 16.5. The Kier molecular flexibility index (Phi) is 5.39. The average molecular weight is 347 g/mol. The number of rotatable bonds is 7. The van der Waals surface area contributed by atoms with E-state index in [4.69, 9.17) is 15.4 Å². The maximum absolute atomic E-state index is 10.9. The minimum Gasteiger partial charge on any atom is -0.489 e. The van der Waals surface area contributed by atoms with Crippen molar-refractivity contribution in [1.82, 2.24) is 0 Å². The third-order valence-corrected chi connectivity index (χ3v) is 4.04. The third-order valence-electron chi connectivity index (χ3n) is 4.04. The lowest BCUT2D eigenvalue weighted by molar-refractivity contribution is -0.227. The lowest BCUT2D eigenvalue weighted by Crippen LogP contribution is -2.26. The molecule has 0 spiro atoms. The van der Waals surface area contributed by atoms with Crippen LogP contribution < -0.4 is 10.3 Å². The summed E-state index contributed by atoms with van der Waals surface area (Å²) in [7, 11) is 0. The summed E-state index contributed by atoms with van der Waals surface area (Å²) in [4.78, 5) is 10.9. The maximum atomic E-state index is 10.9. The van der Waals surface area contributed by atoms with E-state index < -0.39 is 5.97 Å². The molecular formula is C21H19N2O3+. The van der Waals surface area contributed by atoms with Gasteiger partial charge in [-0.25, -0.2) is 4.79 Å². The molecule has 0 saturated carbocycles. The van der Waals surface area contributed by atoms with Crippen molar-refractivity contribution in [2.45, 2.75) is 12.6 Å². The molecule has 130 valence electrons. The molecule has 0 aliphatic rings. The number of carboxylic acid groups (broad SMARTS) is 1. The van der Waals surface area contributed by atoms with Crippen LogP contribution in [0.4, 0.5) is 0 Å². The Bertz CT molecular complexity index is 893. The third kappa shape index (κ3) is 4.13. The molecule has 0 heterocycles. The Morgan fingerprint density at radius 1 is 0.962 bits per heavy atom. The summed E-state index contributed by atoms with van der Waals surface area (Å²) < 4.78 is 5.83. The number of hydrogen-bond donors (Lipinski definition) is 2. The molecule has 3 aromatic rings. The fraction of sp³-hybridized carbons (Fsp3) is 0.0952. The number of nitrogens with two attached hydrogens (primary N) is 1. The van der Waals surface area contributed by atoms with Crippen LogP contribution in [0.25, 0.3) is 0 Å². The van der Waals surface area contributed by atoms with Crippen molar-refractivity contribution in [3.8, 4) is 5.75 Å². The Hall–Kier alpha value is -3.47. The summed E-state index contributed by atoms with van der Waals surface area (Å²) in [6, 6.07) is 23.8. The topological polar surface area (TPSA) is 84.5 Å². The normalized spacial score (nSPS) is 11.5. The minimum absolute atomic E-state index is 0.255. The number of ether oxygens (including phenoxy) is 1. The second-order valence-electron chi connectivity index (χ2n) is 5.83. The van der Waals surface area contributed by atoms with Crippen LogP contribution in [-0.2, 0) is 6.61 Å². The first kappa shape index (κ1) is 17.4. The SMILES string of the molecule is [NH2+]=NC(c1ccccc1)c1cccc(OCc2ccc(C(=O)O)cc2)c1. The molecular weight excluding hydrogens is 328 g/mol. The molecule has 3 aromatic carbocycles. The molecule has 0 saturated heterocycles. The molecule has 0 aliphatic heterocycles. The van der Waals surface area contributed by atoms with Crippen molar-refractivity contribution >= 4 is 5.97 Å². The fourth-order valence-electron chi connectivity index (χ4n) is 2.68. The van der Waals surface area contributed by atoms with Gasteiger partial charge in [0.25, 0.3) is 0 Å². The summed E-state index contributed by atoms with van der Waals surface area (Å²) >= 11 is 0. The van der Waals surface area contributed by atoms with Gasteiger partial charge in [-0.15, -0.1) is 0 Å². The first-order valence-electron chi connectivity index (χ1n) is 8.17. The van der Waals surface area contributed by atoms with E-state index in [1.807, 2.05) is 54.6 Å². The van der Waals surface area contributed by atoms with Gasteiger partial charge in [-0.2, -0.15) is 5.53 Å². The van der Waals surface area contributed by atoms with Crippen molar-refractivity contribution in [2.24, 2.45) is 5.11 Å². The standard InChI is InChI=1S/C21H18N2O3/c22-23-20(16-5-2-1-3-6-16)18-7-4-8-19(13-18)26-14-15-9-11-17(12-10-15)21(24)25/h1-13,20,22H,14H2,(H,24,25)/p+1. The highest BCUT2D eigenvalue weighted by Gasteiger charge is 2.15. The van der Waals surface area contributed by atoms with Gasteiger partial charge >= 0.3 is 5.97 Å². The zero-order valence-corrected chi connectivity index (χ0v) is 14.1. The molecule has 3 N–H and O–H groups in total. The summed E-state index contributed by atoms with van der Waals surface area (Å²) in [5.41, 5.74) is 8.73. The quantitative estimate of drug-likeness (QED) is 0.643. The highest BCUT2D eigenvalue weighted by Crippen LogP contribution is 2.27. The van der Waals surface area contributed by atoms with E-state index in [1.54, 1.807) is 24.3 Å². The van der Waals surface area contributed by atoms with Gasteiger partial charge in [-0.3, -0.25) is 0 Å². The molecule has 0 fully saturated rings. The maximum Gasteiger partial charge on any atom is 0.335 e. The fourth-order valence-corrected chi connectivity index (χ4v) is 2.68. The van der Waals surface area contributed by atoms with E-state index >= 15 is 0 Å². The molecule has 0 bridgehead atoms. The minimum atomic E-state index is -0.942. The van der Waals surface area contributed by atoms with Crippen LogP contribution in [0, 0.1) is 0 Å². The van der Waals surface area contributed by atoms with E-state index in [9.17, 15) is 4.79 Å². The number of carboxylic acids is 1. The van der Waals surface area contributed by atoms with Gasteiger partial charge < -0.3 is 9.84 Å². The number of aromatic carboxylic acids is 1. The first-order chi connectivity index (χ1) is 12.7. The Balaban J connectivity index is 1.73. The zero-order chi connectivity index (χ0) is 18.4. The van der Waals surface area contributed by atoms with Gasteiger partial charge in [0.05, 0.1) is 5.56 Å². The molecule has 0 aromatic heterocycles. The van der Waals surface area contributed by atoms with Crippen molar-refractivity contribution in [2.75, 3.05) is 0 Å². The van der Waals surface area contributed by atoms with E-state index in [0.717, 1.165) is 16.7 Å². The molecule has 5 heteroatoms. The summed E-state index contributed by atoms with van der Waals surface area (Å²) in [5, 5.41) is 12.9. The number of benzene rings is 3. The molecule has 1 atom stereocenters. The van der Waals surface area contributed by atoms with E-state index in [0.29, 0.717) is 12.4 Å². The van der Waals surface area contributed by atoms with Crippen LogP contribution in [0.5, 0.6) is 5.75 Å². The van der Waals surface area contributed by atoms with Gasteiger partial charge in [0, 0.05) is 0 Å². The van der Waals surface area contributed by atoms with Crippen LogP contribution in [0.2, 0.25) is 0 Å². The smallest absolute Gasteiger partial charge is 0.335 e. The Labute approximate surface area is 151 Å². The molecule has 1 unspecified atom stereocenters. The lowest BCUT2D eigenvalue weighted by atomic mass is 9.99. The number of carbonyl (C=O) groups is 1. The van der Waals surface area contributed by atoms with E-state index in [-0.39, 0.29) is 11.6 Å². The van der Waals surface area contributed by atoms with Crippen molar-refractivity contribution in [3.63, 3.8) is 0 Å². The van der Waals surface area contributed by atoms with Gasteiger partial charge in [0.2, 0.25) is 0 Å². The van der Waals surface area contributed by atoms with Gasteiger partial charge in [0.1, 0.15) is 12.4 Å². The van der Waals surface area contributed by atoms with Gasteiger partial charge in [-0.1, -0.05) is 54.6 Å². The molecule has 0 amide bonds. The summed E-state index contributed by atoms with van der Waals surface area (Å²) in [6.07, 6.45) is 0. The Morgan fingerprint density at radius 2 is 1.65 bits per heavy atom. The van der Waals surface area contributed by atoms with Crippen LogP contribution >= 0.6 is 0 Å². The van der Waals surface area contributed by atoms with Crippen molar-refractivity contribution < 1.29 is 20.2 Å². The van der Waals surface area contributed by atoms with Crippen LogP contribution in [0.15, 0.2) is 84.0 Å². The highest BCUT2D eigenvalue weighted by molar-refractivity contribution is 5.87. The molecule has 0 radical (unpaired) electrons. The number of hydrogen-bond acceptors (Lipinski definition) is 3. The van der Waals surface area contributed by atoms with Crippen molar-refractivity contribution in [3.05, 3.63) is 101 Å². The second-order valence-corrected chi connectivity index (χ2v) is 5.83. The Morgan fingerprint density at radius 3 is 2.31 bits per heavy atom. The summed E-state index contributed by atoms with van der Waals surface area (Å²) in [5.74, 6) is -0.239. The predicted octanol–water partition coefficient (Wildman–Crippen LogP) is 3.26. The molecule has 3 rings (SSSR count). The molecule has 26 heavy (non-hydrogen) atoms. The lowest BCUT2D eigenvalue weighted by Gasteiger charge is -2.12. The largest absolute Gasteiger partial charge is 0.489 e. The second kappa shape index (κ2) is 8.07. The van der Waals surface area contributed by atoms with Gasteiger partial charge in [0.15, 0.2) is 6.04 Å². The predicted molar refractivity (Wildman–Crippen MR) is 96.8 cm³/mol. The van der Waals surface area contributed by atoms with E-state index in [2.05, 4.69) is 5.11 Å². The molecule has 0 aliphatic carbocycles. The number of nitrogens with zero attached hydrogens (tertiary/aromatic N) is 1. The average Bonchev–Trinajstić information content (AvgIpc) is 2.68. The monoisotopic (exact) mass is 347 g/mol. The first-order valence-corrected chi connectivity index (χ1v) is 8.17. The zero-order valence-electron chi connectivity index (χ0n) is 14.1. The molecule has 5 nitrogen and oxygen atoms in total. The van der Waals surface area contributed by atoms with Crippen LogP contribution in [0.3, 0.4) is 0 Å². The summed E-state index contributed by atoms with van der Waals surface area (Å²) in [6.45, 7) is 0.346.